The van der Waals surface area contributed by atoms with Gasteiger partial charge in [-0.1, -0.05) is 23.7 Å². The minimum Gasteiger partial charge on any atom is -0.445 e. The van der Waals surface area contributed by atoms with Crippen LogP contribution in [-0.4, -0.2) is 26.9 Å². The molecule has 0 heterocycles. The van der Waals surface area contributed by atoms with Crippen molar-refractivity contribution in [1.82, 2.24) is 0 Å². The molecule has 0 aromatic heterocycles. The van der Waals surface area contributed by atoms with Crippen LogP contribution in [0.3, 0.4) is 0 Å². The van der Waals surface area contributed by atoms with Crippen LogP contribution in [0.25, 0.3) is 10.8 Å². The molecular formula is C17H21BF3NO. The molecule has 0 fully saturated rings. The van der Waals surface area contributed by atoms with Gasteiger partial charge in [0.2, 0.25) is 0 Å². The lowest BCUT2D eigenvalue weighted by molar-refractivity contribution is -0.785. The van der Waals surface area contributed by atoms with Gasteiger partial charge in [0, 0.05) is 5.39 Å². The number of ketones is 1. The normalized spacial score (nSPS) is 13.2. The standard InChI is InChI=1S/C14H14BF3N.C3H6O/c1-19(2)12-8-6-10-4-3-9-5-7-11(15(16,17)18)14(12)13(9)10;1-3(2)4/h5-8H,3-4H2,1-2H3;1-2H3/q-1;/p+1. The van der Waals surface area contributed by atoms with Crippen molar-refractivity contribution in [2.24, 2.45) is 0 Å². The van der Waals surface area contributed by atoms with E-state index in [9.17, 15) is 17.7 Å². The SMILES string of the molecule is CC(C)=O.C[NH+](C)c1ccc2c3c(ccc([B-](F)(F)F)c13)CC2. The van der Waals surface area contributed by atoms with Crippen molar-refractivity contribution >= 4 is 34.7 Å². The highest BCUT2D eigenvalue weighted by atomic mass is 19.4. The van der Waals surface area contributed by atoms with Crippen molar-refractivity contribution in [2.45, 2.75) is 26.7 Å². The van der Waals surface area contributed by atoms with Gasteiger partial charge in [0.05, 0.1) is 14.1 Å². The van der Waals surface area contributed by atoms with Gasteiger partial charge in [-0.05, 0) is 49.3 Å². The van der Waals surface area contributed by atoms with E-state index in [1.807, 2.05) is 26.2 Å². The second kappa shape index (κ2) is 6.36. The fraction of sp³-hybridized carbons (Fsp3) is 0.353. The Morgan fingerprint density at radius 1 is 0.957 bits per heavy atom. The Morgan fingerprint density at radius 2 is 1.43 bits per heavy atom. The number of aryl methyl sites for hydroxylation is 2. The quantitative estimate of drug-likeness (QED) is 0.842. The summed E-state index contributed by atoms with van der Waals surface area (Å²) in [6.45, 7) is -1.92. The van der Waals surface area contributed by atoms with E-state index in [4.69, 9.17) is 0 Å². The van der Waals surface area contributed by atoms with Crippen LogP contribution in [0.1, 0.15) is 25.0 Å². The molecule has 3 rings (SSSR count). The zero-order valence-corrected chi connectivity index (χ0v) is 13.8. The Kier molecular flexibility index (Phi) is 4.85. The Balaban J connectivity index is 0.000000433. The first-order valence-electron chi connectivity index (χ1n) is 7.68. The second-order valence-electron chi connectivity index (χ2n) is 6.32. The van der Waals surface area contributed by atoms with Crippen LogP contribution in [0.15, 0.2) is 24.3 Å². The van der Waals surface area contributed by atoms with Crippen LogP contribution in [-0.2, 0) is 17.6 Å². The summed E-state index contributed by atoms with van der Waals surface area (Å²) in [7, 11) is 3.73. The lowest BCUT2D eigenvalue weighted by Crippen LogP contribution is -3.00. The maximum atomic E-state index is 13.3. The topological polar surface area (TPSA) is 21.5 Å². The summed E-state index contributed by atoms with van der Waals surface area (Å²) in [5.41, 5.74) is 2.39. The largest absolute Gasteiger partial charge is 0.510 e. The van der Waals surface area contributed by atoms with Crippen molar-refractivity contribution in [3.05, 3.63) is 35.4 Å². The lowest BCUT2D eigenvalue weighted by atomic mass is 9.75. The molecule has 23 heavy (non-hydrogen) atoms. The van der Waals surface area contributed by atoms with Crippen LogP contribution in [0.5, 0.6) is 0 Å². The number of carbonyl (C=O) groups excluding carboxylic acids is 1. The van der Waals surface area contributed by atoms with Crippen molar-refractivity contribution < 1.29 is 22.6 Å². The summed E-state index contributed by atoms with van der Waals surface area (Å²) < 4.78 is 39.9. The van der Waals surface area contributed by atoms with Gasteiger partial charge in [-0.15, -0.1) is 0 Å². The average molecular weight is 323 g/mol. The summed E-state index contributed by atoms with van der Waals surface area (Å²) in [4.78, 5) is 10.4. The molecule has 0 unspecified atom stereocenters. The Bertz CT molecular complexity index is 739. The number of nitrogens with one attached hydrogen (secondary N) is 1. The van der Waals surface area contributed by atoms with Gasteiger partial charge in [-0.25, -0.2) is 0 Å². The minimum atomic E-state index is -4.98. The molecule has 0 spiro atoms. The molecule has 124 valence electrons. The highest BCUT2D eigenvalue weighted by molar-refractivity contribution is 6.76. The molecule has 2 aromatic carbocycles. The van der Waals surface area contributed by atoms with Crippen molar-refractivity contribution in [1.29, 1.82) is 0 Å². The van der Waals surface area contributed by atoms with Crippen molar-refractivity contribution in [3.63, 3.8) is 0 Å². The third-order valence-corrected chi connectivity index (χ3v) is 3.92. The Morgan fingerprint density at radius 3 is 1.87 bits per heavy atom. The van der Waals surface area contributed by atoms with E-state index in [0.717, 1.165) is 39.9 Å². The fourth-order valence-corrected chi connectivity index (χ4v) is 3.04. The van der Waals surface area contributed by atoms with Gasteiger partial charge in [0.15, 0.2) is 0 Å². The van der Waals surface area contributed by atoms with Gasteiger partial charge in [0.25, 0.3) is 0 Å². The van der Waals surface area contributed by atoms with E-state index in [-0.39, 0.29) is 5.78 Å². The van der Waals surface area contributed by atoms with Gasteiger partial charge < -0.3 is 22.6 Å². The number of benzene rings is 2. The summed E-state index contributed by atoms with van der Waals surface area (Å²) in [6.07, 6.45) is 1.70. The molecule has 0 atom stereocenters. The van der Waals surface area contributed by atoms with Gasteiger partial charge in [-0.3, -0.25) is 0 Å². The molecule has 0 radical (unpaired) electrons. The third-order valence-electron chi connectivity index (χ3n) is 3.92. The van der Waals surface area contributed by atoms with Crippen LogP contribution in [0, 0.1) is 0 Å². The van der Waals surface area contributed by atoms with E-state index in [2.05, 4.69) is 0 Å². The first kappa shape index (κ1) is 17.5. The van der Waals surface area contributed by atoms with Crippen LogP contribution in [0.2, 0.25) is 0 Å². The zero-order valence-electron chi connectivity index (χ0n) is 13.8. The summed E-state index contributed by atoms with van der Waals surface area (Å²) in [6, 6.07) is 6.74. The number of hydrogen-bond acceptors (Lipinski definition) is 1. The molecule has 2 nitrogen and oxygen atoms in total. The zero-order chi connectivity index (χ0) is 17.4. The van der Waals surface area contributed by atoms with Gasteiger partial charge >= 0.3 is 6.98 Å². The third kappa shape index (κ3) is 3.58. The smallest absolute Gasteiger partial charge is 0.445 e. The summed E-state index contributed by atoms with van der Waals surface area (Å²) in [5.74, 6) is 0.167. The number of halogens is 3. The second-order valence-corrected chi connectivity index (χ2v) is 6.32. The molecule has 0 saturated heterocycles. The predicted molar refractivity (Wildman–Crippen MR) is 88.9 cm³/mol. The molecule has 0 saturated carbocycles. The van der Waals surface area contributed by atoms with Crippen LogP contribution >= 0.6 is 0 Å². The van der Waals surface area contributed by atoms with E-state index >= 15 is 0 Å². The number of carbonyl (C=O) groups is 1. The Hall–Kier alpha value is -1.82. The molecule has 0 amide bonds. The average Bonchev–Trinajstić information content (AvgIpc) is 2.82. The monoisotopic (exact) mass is 323 g/mol. The van der Waals surface area contributed by atoms with Gasteiger partial charge in [-0.2, -0.15) is 0 Å². The molecule has 2 aromatic rings. The molecule has 0 bridgehead atoms. The molecule has 1 aliphatic carbocycles. The Labute approximate surface area is 134 Å². The highest BCUT2D eigenvalue weighted by Crippen LogP contribution is 2.34. The maximum Gasteiger partial charge on any atom is 0.510 e. The lowest BCUT2D eigenvalue weighted by Gasteiger charge is -2.21. The van der Waals surface area contributed by atoms with Crippen molar-refractivity contribution in [3.8, 4) is 0 Å². The molecule has 1 aliphatic rings. The first-order chi connectivity index (χ1) is 10.6. The van der Waals surface area contributed by atoms with Gasteiger partial charge in [0.1, 0.15) is 11.5 Å². The minimum absolute atomic E-state index is 0.167. The molecule has 1 N–H and O–H groups in total. The first-order valence-corrected chi connectivity index (χ1v) is 7.68. The number of Topliss-reactive ketones (excluding diaryl/α,β-unsaturated/α-hetero) is 1. The molecule has 0 aliphatic heterocycles. The summed E-state index contributed by atoms with van der Waals surface area (Å²) in [5, 5.41) is 1.26. The number of quaternary nitrogens is 1. The molecule has 6 heteroatoms. The fourth-order valence-electron chi connectivity index (χ4n) is 3.04. The number of hydrogen-bond donors (Lipinski definition) is 1. The van der Waals surface area contributed by atoms with E-state index in [0.29, 0.717) is 5.39 Å². The highest BCUT2D eigenvalue weighted by Gasteiger charge is 2.31. The van der Waals surface area contributed by atoms with Crippen LogP contribution < -0.4 is 10.4 Å². The van der Waals surface area contributed by atoms with E-state index < -0.39 is 12.4 Å². The molecular weight excluding hydrogens is 302 g/mol. The summed E-state index contributed by atoms with van der Waals surface area (Å²) >= 11 is 0. The van der Waals surface area contributed by atoms with Crippen molar-refractivity contribution in [2.75, 3.05) is 14.1 Å². The van der Waals surface area contributed by atoms with E-state index in [1.165, 1.54) is 19.9 Å². The van der Waals surface area contributed by atoms with E-state index in [1.54, 1.807) is 6.07 Å². The maximum absolute atomic E-state index is 13.3. The predicted octanol–water partition coefficient (Wildman–Crippen LogP) is 2.36. The number of rotatable bonds is 2. The van der Waals surface area contributed by atoms with Crippen LogP contribution in [0.4, 0.5) is 18.6 Å².